The lowest BCUT2D eigenvalue weighted by atomic mass is 9.90. The Kier molecular flexibility index (Phi) is 3.69. The van der Waals surface area contributed by atoms with Crippen molar-refractivity contribution in [3.8, 4) is 0 Å². The summed E-state index contributed by atoms with van der Waals surface area (Å²) in [4.78, 5) is 16.0. The van der Waals surface area contributed by atoms with Crippen LogP contribution in [0, 0.1) is 0 Å². The summed E-state index contributed by atoms with van der Waals surface area (Å²) in [5, 5.41) is 0. The van der Waals surface area contributed by atoms with Gasteiger partial charge in [-0.1, -0.05) is 12.8 Å². The quantitative estimate of drug-likeness (QED) is 0.733. The van der Waals surface area contributed by atoms with Gasteiger partial charge in [0.1, 0.15) is 0 Å². The van der Waals surface area contributed by atoms with E-state index in [1.54, 1.807) is 0 Å². The minimum atomic E-state index is 0.172. The maximum atomic E-state index is 12.2. The number of rotatable bonds is 1. The molecule has 92 valence electrons. The van der Waals surface area contributed by atoms with E-state index < -0.39 is 0 Å². The molecule has 2 atom stereocenters. The largest absolute Gasteiger partial charge is 0.326 e. The highest BCUT2D eigenvalue weighted by Gasteiger charge is 2.31. The molecular weight excluding hydrogens is 202 g/mol. The Hall–Kier alpha value is -0.770. The van der Waals surface area contributed by atoms with E-state index in [0.29, 0.717) is 0 Å². The predicted octanol–water partition coefficient (Wildman–Crippen LogP) is 1.40. The van der Waals surface area contributed by atoms with Crippen molar-refractivity contribution in [2.45, 2.75) is 50.6 Å². The SMILES string of the molecule is CN(C(=O)N1CCCC1)C1CCCCC1N. The van der Waals surface area contributed by atoms with Crippen molar-refractivity contribution in [1.29, 1.82) is 0 Å². The number of amides is 2. The minimum Gasteiger partial charge on any atom is -0.326 e. The first-order valence-electron chi connectivity index (χ1n) is 6.47. The van der Waals surface area contributed by atoms with Crippen LogP contribution < -0.4 is 5.73 Å². The molecule has 2 fully saturated rings. The van der Waals surface area contributed by atoms with E-state index in [2.05, 4.69) is 0 Å². The summed E-state index contributed by atoms with van der Waals surface area (Å²) in [6, 6.07) is 0.604. The second kappa shape index (κ2) is 5.04. The Labute approximate surface area is 97.8 Å². The minimum absolute atomic E-state index is 0.172. The molecule has 2 N–H and O–H groups in total. The molecule has 1 aliphatic carbocycles. The molecule has 1 aliphatic heterocycles. The number of carbonyl (C=O) groups excluding carboxylic acids is 1. The van der Waals surface area contributed by atoms with Gasteiger partial charge in [-0.05, 0) is 25.7 Å². The van der Waals surface area contributed by atoms with Crippen molar-refractivity contribution in [2.24, 2.45) is 5.73 Å². The van der Waals surface area contributed by atoms with E-state index >= 15 is 0 Å². The zero-order chi connectivity index (χ0) is 11.5. The lowest BCUT2D eigenvalue weighted by molar-refractivity contribution is 0.134. The van der Waals surface area contributed by atoms with E-state index in [9.17, 15) is 4.79 Å². The second-order valence-corrected chi connectivity index (χ2v) is 5.10. The van der Waals surface area contributed by atoms with Crippen LogP contribution in [-0.2, 0) is 0 Å². The van der Waals surface area contributed by atoms with E-state index in [1.807, 2.05) is 16.8 Å². The highest BCUT2D eigenvalue weighted by Crippen LogP contribution is 2.22. The standard InChI is InChI=1S/C12H23N3O/c1-14(11-7-3-2-6-10(11)13)12(16)15-8-4-5-9-15/h10-11H,2-9,13H2,1H3. The normalized spacial score (nSPS) is 30.5. The van der Waals surface area contributed by atoms with E-state index in [-0.39, 0.29) is 18.1 Å². The Balaban J connectivity index is 1.94. The van der Waals surface area contributed by atoms with E-state index in [4.69, 9.17) is 5.73 Å². The molecule has 4 nitrogen and oxygen atoms in total. The zero-order valence-corrected chi connectivity index (χ0v) is 10.2. The number of likely N-dealkylation sites (tertiary alicyclic amines) is 1. The summed E-state index contributed by atoms with van der Waals surface area (Å²) in [5.74, 6) is 0. The van der Waals surface area contributed by atoms with Gasteiger partial charge in [-0.2, -0.15) is 0 Å². The van der Waals surface area contributed by atoms with Gasteiger partial charge in [0.25, 0.3) is 0 Å². The molecular formula is C12H23N3O. The van der Waals surface area contributed by atoms with Crippen LogP contribution >= 0.6 is 0 Å². The third-order valence-corrected chi connectivity index (χ3v) is 3.96. The summed E-state index contributed by atoms with van der Waals surface area (Å²) in [6.45, 7) is 1.84. The highest BCUT2D eigenvalue weighted by molar-refractivity contribution is 5.74. The third-order valence-electron chi connectivity index (χ3n) is 3.96. The average molecular weight is 225 g/mol. The number of carbonyl (C=O) groups is 1. The molecule has 0 aromatic rings. The van der Waals surface area contributed by atoms with Gasteiger partial charge in [-0.3, -0.25) is 0 Å². The lowest BCUT2D eigenvalue weighted by Gasteiger charge is -2.37. The summed E-state index contributed by atoms with van der Waals surface area (Å²) in [5.41, 5.74) is 6.10. The highest BCUT2D eigenvalue weighted by atomic mass is 16.2. The Bertz CT molecular complexity index is 251. The van der Waals surface area contributed by atoms with Crippen molar-refractivity contribution in [3.05, 3.63) is 0 Å². The number of urea groups is 1. The molecule has 4 heteroatoms. The summed E-state index contributed by atoms with van der Waals surface area (Å²) < 4.78 is 0. The Morgan fingerprint density at radius 2 is 1.81 bits per heavy atom. The fourth-order valence-corrected chi connectivity index (χ4v) is 2.89. The molecule has 2 amide bonds. The molecule has 2 aliphatic rings. The van der Waals surface area contributed by atoms with Crippen LogP contribution in [-0.4, -0.2) is 48.1 Å². The second-order valence-electron chi connectivity index (χ2n) is 5.10. The average Bonchev–Trinajstić information content (AvgIpc) is 2.81. The predicted molar refractivity (Wildman–Crippen MR) is 64.2 cm³/mol. The smallest absolute Gasteiger partial charge is 0.320 e. The molecule has 1 heterocycles. The molecule has 0 aromatic carbocycles. The molecule has 16 heavy (non-hydrogen) atoms. The van der Waals surface area contributed by atoms with Crippen LogP contribution in [0.5, 0.6) is 0 Å². The van der Waals surface area contributed by atoms with E-state index in [1.165, 1.54) is 12.8 Å². The molecule has 0 spiro atoms. The number of hydrogen-bond acceptors (Lipinski definition) is 2. The Morgan fingerprint density at radius 3 is 2.44 bits per heavy atom. The van der Waals surface area contributed by atoms with Crippen molar-refractivity contribution >= 4 is 6.03 Å². The van der Waals surface area contributed by atoms with Gasteiger partial charge in [-0.15, -0.1) is 0 Å². The topological polar surface area (TPSA) is 49.6 Å². The molecule has 2 rings (SSSR count). The first-order chi connectivity index (χ1) is 7.70. The monoisotopic (exact) mass is 225 g/mol. The molecule has 1 saturated carbocycles. The molecule has 2 unspecified atom stereocenters. The van der Waals surface area contributed by atoms with Crippen LogP contribution in [0.3, 0.4) is 0 Å². The lowest BCUT2D eigenvalue weighted by Crippen LogP contribution is -2.53. The van der Waals surface area contributed by atoms with Crippen LogP contribution in [0.2, 0.25) is 0 Å². The fraction of sp³-hybridized carbons (Fsp3) is 0.917. The van der Waals surface area contributed by atoms with Crippen molar-refractivity contribution in [2.75, 3.05) is 20.1 Å². The third kappa shape index (κ3) is 2.32. The molecule has 0 radical (unpaired) electrons. The summed E-state index contributed by atoms with van der Waals surface area (Å²) in [6.07, 6.45) is 6.84. The van der Waals surface area contributed by atoms with Crippen molar-refractivity contribution in [1.82, 2.24) is 9.80 Å². The van der Waals surface area contributed by atoms with Crippen molar-refractivity contribution < 1.29 is 4.79 Å². The van der Waals surface area contributed by atoms with Gasteiger partial charge in [0.05, 0.1) is 0 Å². The van der Waals surface area contributed by atoms with Gasteiger partial charge in [0, 0.05) is 32.2 Å². The fourth-order valence-electron chi connectivity index (χ4n) is 2.89. The van der Waals surface area contributed by atoms with Gasteiger partial charge in [0.2, 0.25) is 0 Å². The van der Waals surface area contributed by atoms with Crippen LogP contribution in [0.15, 0.2) is 0 Å². The molecule has 0 aromatic heterocycles. The maximum absolute atomic E-state index is 12.2. The van der Waals surface area contributed by atoms with Gasteiger partial charge in [-0.25, -0.2) is 4.79 Å². The number of nitrogens with zero attached hydrogens (tertiary/aromatic N) is 2. The summed E-state index contributed by atoms with van der Waals surface area (Å²) >= 11 is 0. The molecule has 1 saturated heterocycles. The first-order valence-corrected chi connectivity index (χ1v) is 6.47. The zero-order valence-electron chi connectivity index (χ0n) is 10.2. The van der Waals surface area contributed by atoms with Crippen LogP contribution in [0.25, 0.3) is 0 Å². The van der Waals surface area contributed by atoms with Crippen LogP contribution in [0.1, 0.15) is 38.5 Å². The van der Waals surface area contributed by atoms with Crippen LogP contribution in [0.4, 0.5) is 4.79 Å². The van der Waals surface area contributed by atoms with E-state index in [0.717, 1.165) is 38.8 Å². The summed E-state index contributed by atoms with van der Waals surface area (Å²) in [7, 11) is 1.91. The van der Waals surface area contributed by atoms with Crippen molar-refractivity contribution in [3.63, 3.8) is 0 Å². The first kappa shape index (κ1) is 11.7. The molecule has 0 bridgehead atoms. The number of nitrogens with two attached hydrogens (primary N) is 1. The van der Waals surface area contributed by atoms with Gasteiger partial charge < -0.3 is 15.5 Å². The maximum Gasteiger partial charge on any atom is 0.320 e. The number of hydrogen-bond donors (Lipinski definition) is 1. The van der Waals surface area contributed by atoms with Gasteiger partial charge >= 0.3 is 6.03 Å². The number of likely N-dealkylation sites (N-methyl/N-ethyl adjacent to an activating group) is 1. The van der Waals surface area contributed by atoms with Gasteiger partial charge in [0.15, 0.2) is 0 Å². The Morgan fingerprint density at radius 1 is 1.19 bits per heavy atom.